The molecule has 1 fully saturated rings. The molecular weight excluding hydrogens is 398 g/mol. The van der Waals surface area contributed by atoms with E-state index in [1.54, 1.807) is 7.11 Å². The summed E-state index contributed by atoms with van der Waals surface area (Å²) in [6, 6.07) is 18.3. The highest BCUT2D eigenvalue weighted by atomic mass is 16.5. The van der Waals surface area contributed by atoms with E-state index in [-0.39, 0.29) is 11.6 Å². The average Bonchev–Trinajstić information content (AvgIpc) is 2.83. The number of nitrogens with zero attached hydrogens (tertiary/aromatic N) is 4. The molecule has 0 spiro atoms. The third-order valence-electron chi connectivity index (χ3n) is 6.87. The van der Waals surface area contributed by atoms with Gasteiger partial charge in [-0.05, 0) is 35.4 Å². The summed E-state index contributed by atoms with van der Waals surface area (Å²) in [4.78, 5) is 2.29. The van der Waals surface area contributed by atoms with Gasteiger partial charge in [0.2, 0.25) is 0 Å². The van der Waals surface area contributed by atoms with Crippen molar-refractivity contribution >= 4 is 16.5 Å². The number of methoxy groups -OCH3 is 1. The minimum absolute atomic E-state index is 0.128. The largest absolute Gasteiger partial charge is 0.496 e. The molecule has 6 heteroatoms. The predicted octanol–water partition coefficient (Wildman–Crippen LogP) is 4.41. The predicted molar refractivity (Wildman–Crippen MR) is 122 cm³/mol. The van der Waals surface area contributed by atoms with Crippen molar-refractivity contribution in [1.29, 1.82) is 21.2 Å². The van der Waals surface area contributed by atoms with Gasteiger partial charge in [-0.15, -0.1) is 0 Å². The van der Waals surface area contributed by atoms with Crippen LogP contribution in [0.3, 0.4) is 0 Å². The molecule has 1 aliphatic heterocycles. The third-order valence-corrected chi connectivity index (χ3v) is 6.87. The van der Waals surface area contributed by atoms with E-state index < -0.39 is 17.3 Å². The molecule has 1 saturated carbocycles. The monoisotopic (exact) mass is 423 g/mol. The summed E-state index contributed by atoms with van der Waals surface area (Å²) in [7, 11) is 1.58. The molecule has 2 aromatic carbocycles. The molecule has 1 N–H and O–H groups in total. The molecule has 1 heterocycles. The van der Waals surface area contributed by atoms with Crippen LogP contribution >= 0.6 is 0 Å². The summed E-state index contributed by atoms with van der Waals surface area (Å²) in [6.07, 6.45) is 3.02. The second-order valence-electron chi connectivity index (χ2n) is 8.46. The normalized spacial score (nSPS) is 24.5. The number of nitriles is 3. The van der Waals surface area contributed by atoms with Gasteiger partial charge in [-0.3, -0.25) is 4.90 Å². The quantitative estimate of drug-likeness (QED) is 0.733. The van der Waals surface area contributed by atoms with Crippen molar-refractivity contribution in [2.45, 2.75) is 19.3 Å². The number of fused-ring (bicyclic) bond motifs is 2. The summed E-state index contributed by atoms with van der Waals surface area (Å²) in [6.45, 7) is 4.35. The number of rotatable bonds is 4. The van der Waals surface area contributed by atoms with E-state index in [1.165, 1.54) is 0 Å². The Morgan fingerprint density at radius 1 is 1.16 bits per heavy atom. The van der Waals surface area contributed by atoms with Crippen LogP contribution < -0.4 is 4.74 Å². The number of ether oxygens (including phenoxy) is 1. The molecule has 1 unspecified atom stereocenters. The number of nitrogens with one attached hydrogen (secondary N) is 1. The SMILES string of the molecule is CCCN1CC=C2C(C#N)C(=N)C(C#N)(C#N)[C@@H](c3c(OC)ccc4ccccc34)[C@H]2C1. The second kappa shape index (κ2) is 8.46. The van der Waals surface area contributed by atoms with E-state index in [1.807, 2.05) is 42.5 Å². The molecule has 1 aliphatic carbocycles. The number of benzene rings is 2. The van der Waals surface area contributed by atoms with Crippen molar-refractivity contribution in [2.75, 3.05) is 26.7 Å². The van der Waals surface area contributed by atoms with Crippen molar-refractivity contribution < 1.29 is 4.74 Å². The van der Waals surface area contributed by atoms with Gasteiger partial charge in [0.05, 0.1) is 31.0 Å². The zero-order valence-corrected chi connectivity index (χ0v) is 18.3. The average molecular weight is 424 g/mol. The van der Waals surface area contributed by atoms with Gasteiger partial charge in [-0.25, -0.2) is 0 Å². The molecule has 32 heavy (non-hydrogen) atoms. The Morgan fingerprint density at radius 2 is 1.91 bits per heavy atom. The summed E-state index contributed by atoms with van der Waals surface area (Å²) in [5.41, 5.74) is -0.263. The van der Waals surface area contributed by atoms with Crippen LogP contribution in [0, 0.1) is 56.7 Å². The minimum Gasteiger partial charge on any atom is -0.496 e. The molecule has 0 amide bonds. The lowest BCUT2D eigenvalue weighted by molar-refractivity contribution is 0.203. The number of hydrogen-bond acceptors (Lipinski definition) is 6. The Morgan fingerprint density at radius 3 is 2.56 bits per heavy atom. The van der Waals surface area contributed by atoms with Gasteiger partial charge in [0, 0.05) is 30.5 Å². The van der Waals surface area contributed by atoms with Crippen LogP contribution in [-0.2, 0) is 0 Å². The fraction of sp³-hybridized carbons (Fsp3) is 0.385. The smallest absolute Gasteiger partial charge is 0.189 e. The fourth-order valence-corrected chi connectivity index (χ4v) is 5.45. The summed E-state index contributed by atoms with van der Waals surface area (Å²) < 4.78 is 5.74. The first-order valence-electron chi connectivity index (χ1n) is 10.8. The van der Waals surface area contributed by atoms with Gasteiger partial charge in [0.25, 0.3) is 0 Å². The standard InChI is InChI=1S/C26H25N5O/c1-3-11-31-12-10-19-20(13-27)25(30)26(15-28,16-29)24(21(19)14-31)23-18-7-5-4-6-17(18)8-9-22(23)32-2/h4-10,20-21,24,30H,3,11-12,14H2,1-2H3/t20?,21-,24+/m0/s1. The zero-order chi connectivity index (χ0) is 22.9. The lowest BCUT2D eigenvalue weighted by Crippen LogP contribution is -2.53. The van der Waals surface area contributed by atoms with Gasteiger partial charge in [0.1, 0.15) is 11.7 Å². The molecular formula is C26H25N5O. The first kappa shape index (κ1) is 21.6. The van der Waals surface area contributed by atoms with Crippen LogP contribution in [0.1, 0.15) is 24.8 Å². The van der Waals surface area contributed by atoms with Gasteiger partial charge in [-0.1, -0.05) is 43.3 Å². The van der Waals surface area contributed by atoms with Gasteiger partial charge < -0.3 is 10.1 Å². The van der Waals surface area contributed by atoms with Crippen LogP contribution in [0.15, 0.2) is 48.0 Å². The van der Waals surface area contributed by atoms with Crippen molar-refractivity contribution in [2.24, 2.45) is 17.3 Å². The highest BCUT2D eigenvalue weighted by molar-refractivity contribution is 6.02. The van der Waals surface area contributed by atoms with Crippen LogP contribution in [0.5, 0.6) is 5.75 Å². The second-order valence-corrected chi connectivity index (χ2v) is 8.46. The van der Waals surface area contributed by atoms with E-state index >= 15 is 0 Å². The van der Waals surface area contributed by atoms with Crippen molar-refractivity contribution in [3.8, 4) is 24.0 Å². The first-order valence-corrected chi connectivity index (χ1v) is 10.8. The van der Waals surface area contributed by atoms with Crippen molar-refractivity contribution in [1.82, 2.24) is 4.90 Å². The van der Waals surface area contributed by atoms with Crippen molar-refractivity contribution in [3.05, 3.63) is 53.6 Å². The van der Waals surface area contributed by atoms with Crippen LogP contribution in [0.2, 0.25) is 0 Å². The maximum atomic E-state index is 10.4. The lowest BCUT2D eigenvalue weighted by Gasteiger charge is -2.48. The molecule has 6 nitrogen and oxygen atoms in total. The van der Waals surface area contributed by atoms with E-state index in [9.17, 15) is 15.8 Å². The van der Waals surface area contributed by atoms with Gasteiger partial charge >= 0.3 is 0 Å². The van der Waals surface area contributed by atoms with Gasteiger partial charge in [-0.2, -0.15) is 15.8 Å². The molecule has 0 bridgehead atoms. The van der Waals surface area contributed by atoms with Crippen LogP contribution in [-0.4, -0.2) is 37.4 Å². The molecule has 0 radical (unpaired) electrons. The van der Waals surface area contributed by atoms with Crippen LogP contribution in [0.4, 0.5) is 0 Å². The summed E-state index contributed by atoms with van der Waals surface area (Å²) in [5, 5.41) is 41.4. The first-order chi connectivity index (χ1) is 15.6. The molecule has 0 saturated heterocycles. The summed E-state index contributed by atoms with van der Waals surface area (Å²) >= 11 is 0. The molecule has 0 aromatic heterocycles. The molecule has 3 atom stereocenters. The zero-order valence-electron chi connectivity index (χ0n) is 18.3. The van der Waals surface area contributed by atoms with Crippen LogP contribution in [0.25, 0.3) is 10.8 Å². The summed E-state index contributed by atoms with van der Waals surface area (Å²) in [5.74, 6) is -1.13. The maximum Gasteiger partial charge on any atom is 0.189 e. The minimum atomic E-state index is -1.75. The lowest BCUT2D eigenvalue weighted by atomic mass is 9.54. The fourth-order valence-electron chi connectivity index (χ4n) is 5.45. The Hall–Kier alpha value is -3.66. The van der Waals surface area contributed by atoms with Gasteiger partial charge in [0.15, 0.2) is 5.41 Å². The highest BCUT2D eigenvalue weighted by Gasteiger charge is 2.58. The Kier molecular flexibility index (Phi) is 5.70. The maximum absolute atomic E-state index is 10.4. The van der Waals surface area contributed by atoms with E-state index in [4.69, 9.17) is 10.1 Å². The highest BCUT2D eigenvalue weighted by Crippen LogP contribution is 2.56. The Balaban J connectivity index is 2.06. The molecule has 2 aliphatic rings. The van der Waals surface area contributed by atoms with E-state index in [0.29, 0.717) is 18.8 Å². The van der Waals surface area contributed by atoms with E-state index in [0.717, 1.165) is 34.9 Å². The third kappa shape index (κ3) is 3.06. The van der Waals surface area contributed by atoms with E-state index in [2.05, 4.69) is 30.0 Å². The van der Waals surface area contributed by atoms with Crippen molar-refractivity contribution in [3.63, 3.8) is 0 Å². The topological polar surface area (TPSA) is 108 Å². The molecule has 160 valence electrons. The molecule has 2 aromatic rings. The molecule has 4 rings (SSSR count). The Bertz CT molecular complexity index is 1210. The Labute approximate surface area is 188 Å². The number of hydrogen-bond donors (Lipinski definition) is 1.